The highest BCUT2D eigenvalue weighted by atomic mass is 16.3. The van der Waals surface area contributed by atoms with Crippen LogP contribution in [0.1, 0.15) is 50.6 Å². The van der Waals surface area contributed by atoms with E-state index in [1.165, 1.54) is 5.56 Å². The van der Waals surface area contributed by atoms with Crippen LogP contribution in [0.15, 0.2) is 36.5 Å². The van der Waals surface area contributed by atoms with E-state index in [1.54, 1.807) is 6.20 Å². The van der Waals surface area contributed by atoms with Gasteiger partial charge in [-0.05, 0) is 29.5 Å². The Morgan fingerprint density at radius 2 is 1.89 bits per heavy atom. The van der Waals surface area contributed by atoms with Crippen LogP contribution in [0, 0.1) is 0 Å². The summed E-state index contributed by atoms with van der Waals surface area (Å²) in [4.78, 5) is 0. The van der Waals surface area contributed by atoms with Crippen LogP contribution in [0.4, 0.5) is 0 Å². The molecule has 2 rings (SSSR count). The Balaban J connectivity index is 2.48. The second kappa shape index (κ2) is 5.17. The standard InChI is InChI=1S/C16H22N2O/c1-5-18-14(10-11-17-18)15(19)12-8-6-7-9-13(12)16(2,3)4/h6-11,15,19H,5H2,1-4H3. The molecule has 2 aromatic rings. The van der Waals surface area contributed by atoms with Gasteiger partial charge in [-0.25, -0.2) is 0 Å². The molecule has 0 saturated carbocycles. The highest BCUT2D eigenvalue weighted by Crippen LogP contribution is 2.32. The van der Waals surface area contributed by atoms with Crippen molar-refractivity contribution >= 4 is 0 Å². The maximum atomic E-state index is 10.7. The van der Waals surface area contributed by atoms with Gasteiger partial charge in [-0.3, -0.25) is 4.68 Å². The van der Waals surface area contributed by atoms with Crippen molar-refractivity contribution in [1.29, 1.82) is 0 Å². The molecule has 0 aliphatic heterocycles. The maximum Gasteiger partial charge on any atom is 0.121 e. The molecule has 1 heterocycles. The van der Waals surface area contributed by atoms with Crippen molar-refractivity contribution in [2.24, 2.45) is 0 Å². The largest absolute Gasteiger partial charge is 0.382 e. The number of benzene rings is 1. The molecule has 1 N–H and O–H groups in total. The van der Waals surface area contributed by atoms with Crippen molar-refractivity contribution in [3.8, 4) is 0 Å². The lowest BCUT2D eigenvalue weighted by Gasteiger charge is -2.25. The first kappa shape index (κ1) is 13.8. The summed E-state index contributed by atoms with van der Waals surface area (Å²) in [6.07, 6.45) is 1.11. The van der Waals surface area contributed by atoms with E-state index in [9.17, 15) is 5.11 Å². The van der Waals surface area contributed by atoms with E-state index in [4.69, 9.17) is 0 Å². The van der Waals surface area contributed by atoms with E-state index in [1.807, 2.05) is 35.9 Å². The second-order valence-electron chi connectivity index (χ2n) is 5.81. The number of aryl methyl sites for hydroxylation is 1. The molecule has 0 bridgehead atoms. The molecule has 19 heavy (non-hydrogen) atoms. The molecule has 0 amide bonds. The van der Waals surface area contributed by atoms with Gasteiger partial charge in [0.1, 0.15) is 6.10 Å². The van der Waals surface area contributed by atoms with E-state index in [0.717, 1.165) is 17.8 Å². The zero-order valence-electron chi connectivity index (χ0n) is 12.1. The summed E-state index contributed by atoms with van der Waals surface area (Å²) in [6, 6.07) is 9.96. The topological polar surface area (TPSA) is 38.0 Å². The summed E-state index contributed by atoms with van der Waals surface area (Å²) >= 11 is 0. The first-order chi connectivity index (χ1) is 8.95. The maximum absolute atomic E-state index is 10.7. The smallest absolute Gasteiger partial charge is 0.121 e. The molecule has 0 radical (unpaired) electrons. The second-order valence-corrected chi connectivity index (χ2v) is 5.81. The van der Waals surface area contributed by atoms with E-state index >= 15 is 0 Å². The summed E-state index contributed by atoms with van der Waals surface area (Å²) in [5.41, 5.74) is 2.99. The minimum atomic E-state index is -0.627. The number of aliphatic hydroxyl groups is 1. The summed E-state index contributed by atoms with van der Waals surface area (Å²) in [6.45, 7) is 9.27. The highest BCUT2D eigenvalue weighted by molar-refractivity contribution is 5.37. The average molecular weight is 258 g/mol. The van der Waals surface area contributed by atoms with Gasteiger partial charge in [-0.1, -0.05) is 45.0 Å². The fourth-order valence-electron chi connectivity index (χ4n) is 2.42. The number of hydrogen-bond donors (Lipinski definition) is 1. The SMILES string of the molecule is CCn1nccc1C(O)c1ccccc1C(C)(C)C. The van der Waals surface area contributed by atoms with E-state index in [2.05, 4.69) is 31.9 Å². The molecule has 3 nitrogen and oxygen atoms in total. The van der Waals surface area contributed by atoms with Gasteiger partial charge in [-0.15, -0.1) is 0 Å². The molecule has 0 aliphatic rings. The van der Waals surface area contributed by atoms with Crippen molar-refractivity contribution < 1.29 is 5.11 Å². The molecule has 0 spiro atoms. The van der Waals surface area contributed by atoms with E-state index < -0.39 is 6.10 Å². The highest BCUT2D eigenvalue weighted by Gasteiger charge is 2.23. The molecular weight excluding hydrogens is 236 g/mol. The normalized spacial score (nSPS) is 13.5. The summed E-state index contributed by atoms with van der Waals surface area (Å²) < 4.78 is 1.84. The summed E-state index contributed by atoms with van der Waals surface area (Å²) in [5.74, 6) is 0. The third kappa shape index (κ3) is 2.71. The number of nitrogens with zero attached hydrogens (tertiary/aromatic N) is 2. The number of aliphatic hydroxyl groups excluding tert-OH is 1. The molecule has 102 valence electrons. The van der Waals surface area contributed by atoms with Crippen LogP contribution < -0.4 is 0 Å². The zero-order valence-corrected chi connectivity index (χ0v) is 12.1. The predicted octanol–water partition coefficient (Wildman–Crippen LogP) is 3.28. The third-order valence-corrected chi connectivity index (χ3v) is 3.39. The first-order valence-corrected chi connectivity index (χ1v) is 6.74. The predicted molar refractivity (Wildman–Crippen MR) is 77.1 cm³/mol. The molecule has 3 heteroatoms. The minimum absolute atomic E-state index is 0.00857. The molecule has 1 unspecified atom stereocenters. The van der Waals surface area contributed by atoms with Crippen molar-refractivity contribution in [1.82, 2.24) is 9.78 Å². The van der Waals surface area contributed by atoms with Crippen molar-refractivity contribution in [2.45, 2.75) is 45.8 Å². The lowest BCUT2D eigenvalue weighted by molar-refractivity contribution is 0.205. The van der Waals surface area contributed by atoms with Gasteiger partial charge in [0.05, 0.1) is 5.69 Å². The molecule has 0 fully saturated rings. The Hall–Kier alpha value is -1.61. The fraction of sp³-hybridized carbons (Fsp3) is 0.438. The van der Waals surface area contributed by atoms with Crippen LogP contribution >= 0.6 is 0 Å². The quantitative estimate of drug-likeness (QED) is 0.917. The Labute approximate surface area is 114 Å². The van der Waals surface area contributed by atoms with E-state index in [0.29, 0.717) is 0 Å². The molecule has 1 aromatic heterocycles. The van der Waals surface area contributed by atoms with E-state index in [-0.39, 0.29) is 5.41 Å². The molecule has 1 atom stereocenters. The van der Waals surface area contributed by atoms with Crippen LogP contribution in [-0.2, 0) is 12.0 Å². The molecule has 0 saturated heterocycles. The first-order valence-electron chi connectivity index (χ1n) is 6.74. The van der Waals surface area contributed by atoms with Gasteiger partial charge in [0.25, 0.3) is 0 Å². The van der Waals surface area contributed by atoms with Crippen LogP contribution in [0.25, 0.3) is 0 Å². The van der Waals surface area contributed by atoms with Gasteiger partial charge in [0.2, 0.25) is 0 Å². The van der Waals surface area contributed by atoms with Crippen molar-refractivity contribution in [3.05, 3.63) is 53.3 Å². The summed E-state index contributed by atoms with van der Waals surface area (Å²) in [5, 5.41) is 14.9. The van der Waals surface area contributed by atoms with Gasteiger partial charge in [0.15, 0.2) is 0 Å². The van der Waals surface area contributed by atoms with Crippen molar-refractivity contribution in [2.75, 3.05) is 0 Å². The lowest BCUT2D eigenvalue weighted by atomic mass is 9.82. The Bertz CT molecular complexity index is 552. The number of aromatic nitrogens is 2. The van der Waals surface area contributed by atoms with Gasteiger partial charge in [0, 0.05) is 12.7 Å². The minimum Gasteiger partial charge on any atom is -0.382 e. The molecule has 1 aromatic carbocycles. The van der Waals surface area contributed by atoms with Crippen molar-refractivity contribution in [3.63, 3.8) is 0 Å². The lowest BCUT2D eigenvalue weighted by Crippen LogP contribution is -2.18. The fourth-order valence-corrected chi connectivity index (χ4v) is 2.42. The monoisotopic (exact) mass is 258 g/mol. The van der Waals surface area contributed by atoms with Crippen LogP contribution in [0.5, 0.6) is 0 Å². The Kier molecular flexibility index (Phi) is 3.76. The molecular formula is C16H22N2O. The average Bonchev–Trinajstić information content (AvgIpc) is 2.85. The van der Waals surface area contributed by atoms with Gasteiger partial charge < -0.3 is 5.11 Å². The van der Waals surface area contributed by atoms with Crippen LogP contribution in [-0.4, -0.2) is 14.9 Å². The molecule has 0 aliphatic carbocycles. The van der Waals surface area contributed by atoms with Gasteiger partial charge in [-0.2, -0.15) is 5.10 Å². The van der Waals surface area contributed by atoms with Crippen LogP contribution in [0.2, 0.25) is 0 Å². The number of hydrogen-bond acceptors (Lipinski definition) is 2. The Morgan fingerprint density at radius 1 is 1.21 bits per heavy atom. The van der Waals surface area contributed by atoms with Gasteiger partial charge >= 0.3 is 0 Å². The Morgan fingerprint density at radius 3 is 2.53 bits per heavy atom. The zero-order chi connectivity index (χ0) is 14.0. The summed E-state index contributed by atoms with van der Waals surface area (Å²) in [7, 11) is 0. The number of rotatable bonds is 3. The van der Waals surface area contributed by atoms with Crippen LogP contribution in [0.3, 0.4) is 0 Å². The third-order valence-electron chi connectivity index (χ3n) is 3.39.